The van der Waals surface area contributed by atoms with E-state index in [1.807, 2.05) is 25.1 Å². The van der Waals surface area contributed by atoms with Crippen LogP contribution in [0.4, 0.5) is 0 Å². The van der Waals surface area contributed by atoms with E-state index >= 15 is 0 Å². The minimum Gasteiger partial charge on any atom is -0.478 e. The quantitative estimate of drug-likeness (QED) is 0.877. The standard InChI is InChI=1S/C16H16ClNO3/c1-2-5-13-8-12(16(19)20)9-15(18-13)21-10-11-6-3-4-7-14(11)17/h3-4,6-9H,2,5,10H2,1H3,(H,19,20). The fraction of sp³-hybridized carbons (Fsp3) is 0.250. The van der Waals surface area contributed by atoms with Gasteiger partial charge in [-0.25, -0.2) is 9.78 Å². The lowest BCUT2D eigenvalue weighted by Gasteiger charge is -2.09. The predicted molar refractivity (Wildman–Crippen MR) is 81.0 cm³/mol. The Morgan fingerprint density at radius 2 is 2.10 bits per heavy atom. The van der Waals surface area contributed by atoms with Crippen molar-refractivity contribution in [2.45, 2.75) is 26.4 Å². The van der Waals surface area contributed by atoms with Crippen molar-refractivity contribution in [1.82, 2.24) is 4.98 Å². The molecule has 110 valence electrons. The van der Waals surface area contributed by atoms with Crippen molar-refractivity contribution in [2.75, 3.05) is 0 Å². The lowest BCUT2D eigenvalue weighted by atomic mass is 10.1. The molecule has 0 unspecified atom stereocenters. The SMILES string of the molecule is CCCc1cc(C(=O)O)cc(OCc2ccccc2Cl)n1. The number of aryl methyl sites for hydroxylation is 1. The van der Waals surface area contributed by atoms with Crippen LogP contribution in [0.15, 0.2) is 36.4 Å². The van der Waals surface area contributed by atoms with Crippen LogP contribution in [0.5, 0.6) is 5.88 Å². The Morgan fingerprint density at radius 1 is 1.33 bits per heavy atom. The van der Waals surface area contributed by atoms with Crippen molar-refractivity contribution in [1.29, 1.82) is 0 Å². The molecule has 0 radical (unpaired) electrons. The first-order chi connectivity index (χ1) is 10.1. The molecule has 0 bridgehead atoms. The number of pyridine rings is 1. The summed E-state index contributed by atoms with van der Waals surface area (Å²) in [7, 11) is 0. The van der Waals surface area contributed by atoms with Crippen LogP contribution in [-0.2, 0) is 13.0 Å². The zero-order valence-electron chi connectivity index (χ0n) is 11.7. The Labute approximate surface area is 128 Å². The van der Waals surface area contributed by atoms with Crippen molar-refractivity contribution in [3.05, 3.63) is 58.2 Å². The number of hydrogen-bond donors (Lipinski definition) is 1. The first kappa shape index (κ1) is 15.3. The van der Waals surface area contributed by atoms with Gasteiger partial charge in [0.2, 0.25) is 5.88 Å². The summed E-state index contributed by atoms with van der Waals surface area (Å²) in [5.41, 5.74) is 1.73. The number of aromatic nitrogens is 1. The number of aromatic carboxylic acids is 1. The van der Waals surface area contributed by atoms with Gasteiger partial charge in [-0.2, -0.15) is 0 Å². The topological polar surface area (TPSA) is 59.4 Å². The van der Waals surface area contributed by atoms with Crippen LogP contribution in [0, 0.1) is 0 Å². The molecular formula is C16H16ClNO3. The Bertz CT molecular complexity index is 643. The molecule has 0 saturated heterocycles. The highest BCUT2D eigenvalue weighted by atomic mass is 35.5. The van der Waals surface area contributed by atoms with Crippen molar-refractivity contribution in [3.63, 3.8) is 0 Å². The van der Waals surface area contributed by atoms with Gasteiger partial charge in [0.15, 0.2) is 0 Å². The van der Waals surface area contributed by atoms with E-state index in [9.17, 15) is 4.79 Å². The zero-order chi connectivity index (χ0) is 15.2. The fourth-order valence-electron chi connectivity index (χ4n) is 1.91. The molecule has 1 heterocycles. The molecule has 4 nitrogen and oxygen atoms in total. The van der Waals surface area contributed by atoms with Crippen LogP contribution in [-0.4, -0.2) is 16.1 Å². The van der Waals surface area contributed by atoms with Crippen LogP contribution < -0.4 is 4.74 Å². The third-order valence-electron chi connectivity index (χ3n) is 2.94. The van der Waals surface area contributed by atoms with Gasteiger partial charge in [-0.15, -0.1) is 0 Å². The minimum atomic E-state index is -0.989. The average molecular weight is 306 g/mol. The van der Waals surface area contributed by atoms with Gasteiger partial charge in [0.1, 0.15) is 6.61 Å². The maximum absolute atomic E-state index is 11.1. The third-order valence-corrected chi connectivity index (χ3v) is 3.31. The number of ether oxygens (including phenoxy) is 1. The average Bonchev–Trinajstić information content (AvgIpc) is 2.46. The molecule has 1 aromatic heterocycles. The number of hydrogen-bond acceptors (Lipinski definition) is 3. The summed E-state index contributed by atoms with van der Waals surface area (Å²) in [4.78, 5) is 15.5. The van der Waals surface area contributed by atoms with Gasteiger partial charge in [0.25, 0.3) is 0 Å². The number of carboxylic acids is 1. The zero-order valence-corrected chi connectivity index (χ0v) is 12.4. The number of nitrogens with zero attached hydrogens (tertiary/aromatic N) is 1. The molecule has 0 aliphatic carbocycles. The molecule has 0 aliphatic rings. The van der Waals surface area contributed by atoms with Crippen LogP contribution in [0.2, 0.25) is 5.02 Å². The summed E-state index contributed by atoms with van der Waals surface area (Å²) in [6, 6.07) is 10.4. The summed E-state index contributed by atoms with van der Waals surface area (Å²) >= 11 is 6.06. The molecule has 0 spiro atoms. The van der Waals surface area contributed by atoms with E-state index in [2.05, 4.69) is 4.98 Å². The first-order valence-electron chi connectivity index (χ1n) is 6.70. The minimum absolute atomic E-state index is 0.183. The van der Waals surface area contributed by atoms with Gasteiger partial charge in [0, 0.05) is 22.3 Å². The van der Waals surface area contributed by atoms with Gasteiger partial charge in [-0.05, 0) is 18.6 Å². The highest BCUT2D eigenvalue weighted by Crippen LogP contribution is 2.19. The monoisotopic (exact) mass is 305 g/mol. The third kappa shape index (κ3) is 4.20. The molecule has 1 aromatic carbocycles. The van der Waals surface area contributed by atoms with E-state index in [1.54, 1.807) is 12.1 Å². The van der Waals surface area contributed by atoms with Gasteiger partial charge >= 0.3 is 5.97 Å². The maximum atomic E-state index is 11.1. The van der Waals surface area contributed by atoms with Gasteiger partial charge in [-0.3, -0.25) is 0 Å². The fourth-order valence-corrected chi connectivity index (χ4v) is 2.10. The first-order valence-corrected chi connectivity index (χ1v) is 7.08. The molecule has 0 fully saturated rings. The molecular weight excluding hydrogens is 290 g/mol. The molecule has 5 heteroatoms. The van der Waals surface area contributed by atoms with Crippen molar-refractivity contribution >= 4 is 17.6 Å². The number of benzene rings is 1. The van der Waals surface area contributed by atoms with E-state index in [0.717, 1.165) is 12.0 Å². The summed E-state index contributed by atoms with van der Waals surface area (Å²) in [5.74, 6) is -0.685. The summed E-state index contributed by atoms with van der Waals surface area (Å²) in [5, 5.41) is 9.74. The lowest BCUT2D eigenvalue weighted by Crippen LogP contribution is -2.04. The maximum Gasteiger partial charge on any atom is 0.335 e. The molecule has 2 aromatic rings. The van der Waals surface area contributed by atoms with Crippen LogP contribution >= 0.6 is 11.6 Å². The highest BCUT2D eigenvalue weighted by molar-refractivity contribution is 6.31. The van der Waals surface area contributed by atoms with Crippen molar-refractivity contribution in [2.24, 2.45) is 0 Å². The van der Waals surface area contributed by atoms with Gasteiger partial charge in [0.05, 0.1) is 5.56 Å². The van der Waals surface area contributed by atoms with Crippen LogP contribution in [0.3, 0.4) is 0 Å². The summed E-state index contributed by atoms with van der Waals surface area (Å²) in [6.45, 7) is 2.26. The van der Waals surface area contributed by atoms with Gasteiger partial charge in [-0.1, -0.05) is 43.1 Å². The summed E-state index contributed by atoms with van der Waals surface area (Å²) < 4.78 is 5.59. The molecule has 0 aliphatic heterocycles. The second kappa shape index (κ2) is 7.09. The van der Waals surface area contributed by atoms with E-state index < -0.39 is 5.97 Å². The Morgan fingerprint density at radius 3 is 2.76 bits per heavy atom. The van der Waals surface area contributed by atoms with Crippen molar-refractivity contribution in [3.8, 4) is 5.88 Å². The number of halogens is 1. The van der Waals surface area contributed by atoms with Crippen LogP contribution in [0.25, 0.3) is 0 Å². The molecule has 0 atom stereocenters. The molecule has 2 rings (SSSR count). The van der Waals surface area contributed by atoms with Crippen molar-refractivity contribution < 1.29 is 14.6 Å². The summed E-state index contributed by atoms with van der Waals surface area (Å²) in [6.07, 6.45) is 1.60. The van der Waals surface area contributed by atoms with E-state index in [4.69, 9.17) is 21.4 Å². The lowest BCUT2D eigenvalue weighted by molar-refractivity contribution is 0.0696. The normalized spacial score (nSPS) is 10.4. The Hall–Kier alpha value is -2.07. The number of rotatable bonds is 6. The number of carboxylic acid groups (broad SMARTS) is 1. The second-order valence-corrected chi connectivity index (χ2v) is 5.03. The Kier molecular flexibility index (Phi) is 5.17. The second-order valence-electron chi connectivity index (χ2n) is 4.62. The van der Waals surface area contributed by atoms with E-state index in [1.165, 1.54) is 6.07 Å². The molecule has 0 saturated carbocycles. The highest BCUT2D eigenvalue weighted by Gasteiger charge is 2.10. The smallest absolute Gasteiger partial charge is 0.335 e. The van der Waals surface area contributed by atoms with Crippen LogP contribution in [0.1, 0.15) is 35.0 Å². The van der Waals surface area contributed by atoms with Gasteiger partial charge < -0.3 is 9.84 Å². The van der Waals surface area contributed by atoms with E-state index in [0.29, 0.717) is 23.0 Å². The predicted octanol–water partition coefficient (Wildman–Crippen LogP) is 3.96. The Balaban J connectivity index is 2.19. The largest absolute Gasteiger partial charge is 0.478 e. The molecule has 0 amide bonds. The van der Waals surface area contributed by atoms with E-state index in [-0.39, 0.29) is 12.2 Å². The molecule has 1 N–H and O–H groups in total. The molecule has 21 heavy (non-hydrogen) atoms. The number of carbonyl (C=O) groups is 1.